The Kier molecular flexibility index (Phi) is 6.07. The smallest absolute Gasteiger partial charge is 0.244 e. The number of hydrogen-bond acceptors (Lipinski definition) is 3. The molecule has 2 aromatic carbocycles. The lowest BCUT2D eigenvalue weighted by molar-refractivity contribution is -0.137. The van der Waals surface area contributed by atoms with E-state index >= 15 is 0 Å². The SMILES string of the molecule is O=S(=O)(c1cccc(Cl)c1)N(Cc1ccccc1)c1ncc(C(F)(F)F)cc1Cl. The molecule has 0 saturated carbocycles. The number of benzene rings is 2. The molecule has 0 unspecified atom stereocenters. The largest absolute Gasteiger partial charge is 0.417 e. The van der Waals surface area contributed by atoms with Crippen LogP contribution < -0.4 is 4.31 Å². The zero-order valence-corrected chi connectivity index (χ0v) is 16.9. The molecule has 0 bridgehead atoms. The average molecular weight is 461 g/mol. The summed E-state index contributed by atoms with van der Waals surface area (Å²) in [5.41, 5.74) is -0.484. The number of sulfonamides is 1. The van der Waals surface area contributed by atoms with Crippen molar-refractivity contribution in [3.63, 3.8) is 0 Å². The number of anilines is 1. The third-order valence-corrected chi connectivity index (χ3v) is 6.18. The molecule has 0 radical (unpaired) electrons. The fourth-order valence-electron chi connectivity index (χ4n) is 2.55. The first-order chi connectivity index (χ1) is 13.6. The number of alkyl halides is 3. The summed E-state index contributed by atoms with van der Waals surface area (Å²) in [5, 5.41) is -0.251. The summed E-state index contributed by atoms with van der Waals surface area (Å²) in [7, 11) is -4.22. The standard InChI is InChI=1S/C19H13Cl2F3N2O2S/c20-15-7-4-8-16(10-15)29(27,28)26(12-13-5-2-1-3-6-13)18-17(21)9-14(11-25-18)19(22,23)24/h1-11H,12H2. The van der Waals surface area contributed by atoms with Crippen molar-refractivity contribution in [2.24, 2.45) is 0 Å². The summed E-state index contributed by atoms with van der Waals surface area (Å²) in [6.07, 6.45) is -4.11. The van der Waals surface area contributed by atoms with E-state index < -0.39 is 26.8 Å². The predicted octanol–water partition coefficient (Wildman–Crippen LogP) is 5.80. The predicted molar refractivity (Wildman–Crippen MR) is 106 cm³/mol. The maximum absolute atomic E-state index is 13.3. The van der Waals surface area contributed by atoms with Crippen LogP contribution in [0.1, 0.15) is 11.1 Å². The minimum absolute atomic E-state index is 0.140. The van der Waals surface area contributed by atoms with E-state index in [0.717, 1.165) is 4.31 Å². The Morgan fingerprint density at radius 2 is 1.66 bits per heavy atom. The molecule has 29 heavy (non-hydrogen) atoms. The quantitative estimate of drug-likeness (QED) is 0.483. The van der Waals surface area contributed by atoms with E-state index in [4.69, 9.17) is 23.2 Å². The van der Waals surface area contributed by atoms with E-state index in [2.05, 4.69) is 4.98 Å². The van der Waals surface area contributed by atoms with Gasteiger partial charge in [-0.05, 0) is 29.8 Å². The van der Waals surface area contributed by atoms with Gasteiger partial charge in [-0.1, -0.05) is 59.6 Å². The third-order valence-electron chi connectivity index (χ3n) is 3.94. The molecule has 4 nitrogen and oxygen atoms in total. The third kappa shape index (κ3) is 4.83. The van der Waals surface area contributed by atoms with Crippen molar-refractivity contribution in [1.29, 1.82) is 0 Å². The molecule has 1 aromatic heterocycles. The van der Waals surface area contributed by atoms with Gasteiger partial charge in [-0.25, -0.2) is 17.7 Å². The van der Waals surface area contributed by atoms with Gasteiger partial charge in [0.15, 0.2) is 5.82 Å². The van der Waals surface area contributed by atoms with E-state index in [1.54, 1.807) is 30.3 Å². The lowest BCUT2D eigenvalue weighted by Crippen LogP contribution is -2.31. The monoisotopic (exact) mass is 460 g/mol. The van der Waals surface area contributed by atoms with Gasteiger partial charge >= 0.3 is 6.18 Å². The molecule has 0 spiro atoms. The molecule has 0 saturated heterocycles. The van der Waals surface area contributed by atoms with Crippen molar-refractivity contribution >= 4 is 39.0 Å². The highest BCUT2D eigenvalue weighted by atomic mass is 35.5. The summed E-state index contributed by atoms with van der Waals surface area (Å²) in [4.78, 5) is 3.58. The Labute approximate surface area is 175 Å². The second-order valence-electron chi connectivity index (χ2n) is 5.98. The molecular weight excluding hydrogens is 448 g/mol. The number of aromatic nitrogens is 1. The number of pyridine rings is 1. The van der Waals surface area contributed by atoms with Gasteiger partial charge in [0.25, 0.3) is 10.0 Å². The Morgan fingerprint density at radius 1 is 0.966 bits per heavy atom. The van der Waals surface area contributed by atoms with Crippen LogP contribution in [0.15, 0.2) is 71.8 Å². The van der Waals surface area contributed by atoms with Crippen LogP contribution >= 0.6 is 23.2 Å². The highest BCUT2D eigenvalue weighted by Gasteiger charge is 2.34. The average Bonchev–Trinajstić information content (AvgIpc) is 2.66. The van der Waals surface area contributed by atoms with Crippen LogP contribution in [0.4, 0.5) is 19.0 Å². The highest BCUT2D eigenvalue weighted by molar-refractivity contribution is 7.92. The first-order valence-corrected chi connectivity index (χ1v) is 10.3. The number of nitrogens with zero attached hydrogens (tertiary/aromatic N) is 2. The number of halogens is 5. The number of hydrogen-bond donors (Lipinski definition) is 0. The van der Waals surface area contributed by atoms with Crippen LogP contribution in [0, 0.1) is 0 Å². The van der Waals surface area contributed by atoms with Gasteiger partial charge in [0, 0.05) is 11.2 Å². The number of rotatable bonds is 5. The van der Waals surface area contributed by atoms with Crippen molar-refractivity contribution in [1.82, 2.24) is 4.98 Å². The lowest BCUT2D eigenvalue weighted by atomic mass is 10.2. The van der Waals surface area contributed by atoms with Gasteiger partial charge in [-0.2, -0.15) is 13.2 Å². The first-order valence-electron chi connectivity index (χ1n) is 8.14. The van der Waals surface area contributed by atoms with Crippen LogP contribution in [-0.2, 0) is 22.7 Å². The molecule has 0 amide bonds. The van der Waals surface area contributed by atoms with E-state index in [0.29, 0.717) is 17.8 Å². The van der Waals surface area contributed by atoms with E-state index in [9.17, 15) is 21.6 Å². The normalized spacial score (nSPS) is 12.0. The van der Waals surface area contributed by atoms with Gasteiger partial charge in [-0.15, -0.1) is 0 Å². The summed E-state index contributed by atoms with van der Waals surface area (Å²) in [6.45, 7) is -0.187. The summed E-state index contributed by atoms with van der Waals surface area (Å²) in [6, 6.07) is 14.7. The van der Waals surface area contributed by atoms with Crippen molar-refractivity contribution in [2.75, 3.05) is 4.31 Å². The molecule has 0 atom stereocenters. The molecule has 1 heterocycles. The van der Waals surface area contributed by atoms with Gasteiger partial charge in [0.2, 0.25) is 0 Å². The molecule has 3 aromatic rings. The Balaban J connectivity index is 2.14. The van der Waals surface area contributed by atoms with Crippen LogP contribution in [0.2, 0.25) is 10.0 Å². The molecular formula is C19H13Cl2F3N2O2S. The molecule has 0 N–H and O–H groups in total. The van der Waals surface area contributed by atoms with E-state index in [1.807, 2.05) is 0 Å². The van der Waals surface area contributed by atoms with Crippen molar-refractivity contribution < 1.29 is 21.6 Å². The van der Waals surface area contributed by atoms with Crippen LogP contribution in [0.3, 0.4) is 0 Å². The Hall–Kier alpha value is -2.29. The lowest BCUT2D eigenvalue weighted by Gasteiger charge is -2.25. The maximum atomic E-state index is 13.3. The first kappa shape index (κ1) is 21.4. The fourth-order valence-corrected chi connectivity index (χ4v) is 4.59. The van der Waals surface area contributed by atoms with Gasteiger partial charge in [0.1, 0.15) is 0 Å². The molecule has 0 aliphatic heterocycles. The molecule has 0 fully saturated rings. The summed E-state index contributed by atoms with van der Waals surface area (Å²) in [5.74, 6) is -0.316. The Morgan fingerprint density at radius 3 is 2.24 bits per heavy atom. The van der Waals surface area contributed by atoms with E-state index in [1.165, 1.54) is 24.3 Å². The van der Waals surface area contributed by atoms with Crippen LogP contribution in [-0.4, -0.2) is 13.4 Å². The fraction of sp³-hybridized carbons (Fsp3) is 0.105. The molecule has 0 aliphatic carbocycles. The van der Waals surface area contributed by atoms with Gasteiger partial charge in [-0.3, -0.25) is 0 Å². The zero-order valence-electron chi connectivity index (χ0n) is 14.6. The second kappa shape index (κ2) is 8.22. The molecule has 10 heteroatoms. The summed E-state index contributed by atoms with van der Waals surface area (Å²) >= 11 is 11.9. The topological polar surface area (TPSA) is 50.3 Å². The molecule has 3 rings (SSSR count). The van der Waals surface area contributed by atoms with Gasteiger partial charge in [0.05, 0.1) is 22.0 Å². The minimum Gasteiger partial charge on any atom is -0.244 e. The van der Waals surface area contributed by atoms with E-state index in [-0.39, 0.29) is 22.3 Å². The Bertz CT molecular complexity index is 1120. The van der Waals surface area contributed by atoms with Crippen molar-refractivity contribution in [3.05, 3.63) is 88.0 Å². The van der Waals surface area contributed by atoms with Crippen molar-refractivity contribution in [2.45, 2.75) is 17.6 Å². The summed E-state index contributed by atoms with van der Waals surface area (Å²) < 4.78 is 66.2. The van der Waals surface area contributed by atoms with Crippen molar-refractivity contribution in [3.8, 4) is 0 Å². The molecule has 0 aliphatic rings. The minimum atomic E-state index is -4.66. The highest BCUT2D eigenvalue weighted by Crippen LogP contribution is 2.36. The molecule has 152 valence electrons. The van der Waals surface area contributed by atoms with Crippen LogP contribution in [0.25, 0.3) is 0 Å². The maximum Gasteiger partial charge on any atom is 0.417 e. The second-order valence-corrected chi connectivity index (χ2v) is 8.69. The zero-order chi connectivity index (χ0) is 21.2. The van der Waals surface area contributed by atoms with Crippen LogP contribution in [0.5, 0.6) is 0 Å². The van der Waals surface area contributed by atoms with Gasteiger partial charge < -0.3 is 0 Å².